The Morgan fingerprint density at radius 3 is 2.50 bits per heavy atom. The second-order valence-corrected chi connectivity index (χ2v) is 7.52. The maximum atomic E-state index is 12.3. The molecule has 20 heavy (non-hydrogen) atoms. The van der Waals surface area contributed by atoms with Gasteiger partial charge in [0.15, 0.2) is 0 Å². The fraction of sp³-hybridized carbons (Fsp3) is 0.786. The summed E-state index contributed by atoms with van der Waals surface area (Å²) >= 11 is 0. The van der Waals surface area contributed by atoms with Gasteiger partial charge in [0.2, 0.25) is 15.9 Å². The molecule has 0 N–H and O–H groups in total. The number of allylic oxidation sites excluding steroid dienone is 1. The van der Waals surface area contributed by atoms with Gasteiger partial charge in [0.05, 0.1) is 5.75 Å². The van der Waals surface area contributed by atoms with Gasteiger partial charge < -0.3 is 4.90 Å². The summed E-state index contributed by atoms with van der Waals surface area (Å²) in [5, 5.41) is 0. The molecule has 1 heterocycles. The van der Waals surface area contributed by atoms with Gasteiger partial charge in [0.25, 0.3) is 0 Å². The zero-order valence-electron chi connectivity index (χ0n) is 12.5. The minimum atomic E-state index is -3.11. The van der Waals surface area contributed by atoms with Crippen LogP contribution >= 0.6 is 0 Å². The first-order chi connectivity index (χ1) is 9.42. The molecule has 1 fully saturated rings. The van der Waals surface area contributed by atoms with Crippen LogP contribution in [0.25, 0.3) is 0 Å². The third-order valence-corrected chi connectivity index (χ3v) is 5.72. The van der Waals surface area contributed by atoms with Crippen molar-refractivity contribution in [1.29, 1.82) is 0 Å². The van der Waals surface area contributed by atoms with Gasteiger partial charge in [-0.25, -0.2) is 12.7 Å². The summed E-state index contributed by atoms with van der Waals surface area (Å²) in [5.74, 6) is 0.238. The first kappa shape index (κ1) is 17.2. The van der Waals surface area contributed by atoms with E-state index in [1.807, 2.05) is 13.1 Å². The molecule has 0 aromatic carbocycles. The molecule has 0 aliphatic carbocycles. The van der Waals surface area contributed by atoms with Crippen LogP contribution in [0, 0.1) is 5.92 Å². The third-order valence-electron chi connectivity index (χ3n) is 3.84. The van der Waals surface area contributed by atoms with E-state index in [0.717, 1.165) is 19.4 Å². The van der Waals surface area contributed by atoms with E-state index >= 15 is 0 Å². The lowest BCUT2D eigenvalue weighted by Gasteiger charge is -2.32. The van der Waals surface area contributed by atoms with E-state index < -0.39 is 10.0 Å². The van der Waals surface area contributed by atoms with E-state index in [1.54, 1.807) is 11.8 Å². The number of nitrogens with zero attached hydrogens (tertiary/aromatic N) is 2. The minimum absolute atomic E-state index is 0.0352. The van der Waals surface area contributed by atoms with E-state index in [4.69, 9.17) is 0 Å². The number of unbranched alkanes of at least 4 members (excludes halogenated alkanes) is 1. The predicted molar refractivity (Wildman–Crippen MR) is 80.8 cm³/mol. The molecule has 0 aromatic rings. The van der Waals surface area contributed by atoms with E-state index in [0.29, 0.717) is 25.9 Å². The molecule has 0 radical (unpaired) electrons. The van der Waals surface area contributed by atoms with Crippen LogP contribution in [-0.4, -0.2) is 56.0 Å². The van der Waals surface area contributed by atoms with Crippen LogP contribution in [0.2, 0.25) is 0 Å². The standard InChI is InChI=1S/C14H26N2O3S/c1-4-6-7-10-15(3)14(17)13-8-11-16(12-9-13)20(18,19)5-2/h4,13H,1,5-12H2,2-3H3. The van der Waals surface area contributed by atoms with Crippen LogP contribution < -0.4 is 0 Å². The molecule has 1 aliphatic rings. The van der Waals surface area contributed by atoms with Gasteiger partial charge in [-0.1, -0.05) is 6.08 Å². The molecular formula is C14H26N2O3S. The second-order valence-electron chi connectivity index (χ2n) is 5.26. The Labute approximate surface area is 122 Å². The number of carbonyl (C=O) groups excluding carboxylic acids is 1. The quantitative estimate of drug-likeness (QED) is 0.528. The summed E-state index contributed by atoms with van der Waals surface area (Å²) in [6, 6.07) is 0. The number of carbonyl (C=O) groups is 1. The van der Waals surface area contributed by atoms with Gasteiger partial charge in [-0.15, -0.1) is 6.58 Å². The lowest BCUT2D eigenvalue weighted by molar-refractivity contribution is -0.135. The first-order valence-corrected chi connectivity index (χ1v) is 8.87. The maximum Gasteiger partial charge on any atom is 0.225 e. The molecule has 1 aliphatic heterocycles. The molecular weight excluding hydrogens is 276 g/mol. The van der Waals surface area contributed by atoms with Crippen molar-refractivity contribution in [2.24, 2.45) is 5.92 Å². The van der Waals surface area contributed by atoms with Crippen LogP contribution in [0.4, 0.5) is 0 Å². The number of piperidine rings is 1. The maximum absolute atomic E-state index is 12.3. The van der Waals surface area contributed by atoms with Gasteiger partial charge >= 0.3 is 0 Å². The van der Waals surface area contributed by atoms with Crippen LogP contribution in [0.15, 0.2) is 12.7 Å². The Morgan fingerprint density at radius 2 is 2.00 bits per heavy atom. The number of sulfonamides is 1. The van der Waals surface area contributed by atoms with Crippen molar-refractivity contribution in [3.63, 3.8) is 0 Å². The van der Waals surface area contributed by atoms with E-state index in [1.165, 1.54) is 4.31 Å². The first-order valence-electron chi connectivity index (χ1n) is 7.26. The SMILES string of the molecule is C=CCCCN(C)C(=O)C1CCN(S(=O)(=O)CC)CC1. The van der Waals surface area contributed by atoms with Crippen molar-refractivity contribution in [1.82, 2.24) is 9.21 Å². The van der Waals surface area contributed by atoms with Crippen LogP contribution in [0.5, 0.6) is 0 Å². The summed E-state index contributed by atoms with van der Waals surface area (Å²) in [6.45, 7) is 6.98. The topological polar surface area (TPSA) is 57.7 Å². The van der Waals surface area contributed by atoms with Gasteiger partial charge in [-0.05, 0) is 32.6 Å². The van der Waals surface area contributed by atoms with E-state index in [2.05, 4.69) is 6.58 Å². The summed E-state index contributed by atoms with van der Waals surface area (Å²) in [5.41, 5.74) is 0. The largest absolute Gasteiger partial charge is 0.346 e. The molecule has 5 nitrogen and oxygen atoms in total. The van der Waals surface area contributed by atoms with E-state index in [9.17, 15) is 13.2 Å². The highest BCUT2D eigenvalue weighted by Crippen LogP contribution is 2.21. The minimum Gasteiger partial charge on any atom is -0.346 e. The summed E-state index contributed by atoms with van der Waals surface area (Å²) < 4.78 is 25.0. The number of hydrogen-bond donors (Lipinski definition) is 0. The monoisotopic (exact) mass is 302 g/mol. The zero-order valence-corrected chi connectivity index (χ0v) is 13.4. The number of rotatable bonds is 7. The Balaban J connectivity index is 2.44. The fourth-order valence-corrected chi connectivity index (χ4v) is 3.59. The Morgan fingerprint density at radius 1 is 1.40 bits per heavy atom. The second kappa shape index (κ2) is 7.78. The predicted octanol–water partition coefficient (Wildman–Crippen LogP) is 1.47. The molecule has 1 amide bonds. The molecule has 1 saturated heterocycles. The Hall–Kier alpha value is -0.880. The van der Waals surface area contributed by atoms with Crippen LogP contribution in [-0.2, 0) is 14.8 Å². The van der Waals surface area contributed by atoms with Crippen molar-refractivity contribution >= 4 is 15.9 Å². The smallest absolute Gasteiger partial charge is 0.225 e. The third kappa shape index (κ3) is 4.59. The fourth-order valence-electron chi connectivity index (χ4n) is 2.46. The highest BCUT2D eigenvalue weighted by molar-refractivity contribution is 7.89. The molecule has 0 saturated carbocycles. The molecule has 116 valence electrons. The average Bonchev–Trinajstić information content (AvgIpc) is 2.46. The van der Waals surface area contributed by atoms with Gasteiger partial charge in [0, 0.05) is 32.6 Å². The number of hydrogen-bond acceptors (Lipinski definition) is 3. The normalized spacial score (nSPS) is 17.9. The molecule has 0 aromatic heterocycles. The van der Waals surface area contributed by atoms with Gasteiger partial charge in [-0.2, -0.15) is 0 Å². The van der Waals surface area contributed by atoms with Gasteiger partial charge in [0.1, 0.15) is 0 Å². The molecule has 0 spiro atoms. The van der Waals surface area contributed by atoms with Crippen molar-refractivity contribution in [3.8, 4) is 0 Å². The van der Waals surface area contributed by atoms with Crippen LogP contribution in [0.1, 0.15) is 32.6 Å². The highest BCUT2D eigenvalue weighted by atomic mass is 32.2. The van der Waals surface area contributed by atoms with Crippen molar-refractivity contribution in [2.75, 3.05) is 32.4 Å². The number of amides is 1. The van der Waals surface area contributed by atoms with Crippen molar-refractivity contribution in [3.05, 3.63) is 12.7 Å². The van der Waals surface area contributed by atoms with E-state index in [-0.39, 0.29) is 17.6 Å². The molecule has 0 atom stereocenters. The van der Waals surface area contributed by atoms with Crippen molar-refractivity contribution in [2.45, 2.75) is 32.6 Å². The lowest BCUT2D eigenvalue weighted by atomic mass is 9.96. The lowest BCUT2D eigenvalue weighted by Crippen LogP contribution is -2.44. The Bertz CT molecular complexity index is 426. The average molecular weight is 302 g/mol. The summed E-state index contributed by atoms with van der Waals surface area (Å²) in [4.78, 5) is 14.0. The summed E-state index contributed by atoms with van der Waals surface area (Å²) in [6.07, 6.45) is 4.94. The molecule has 6 heteroatoms. The summed E-state index contributed by atoms with van der Waals surface area (Å²) in [7, 11) is -1.29. The zero-order chi connectivity index (χ0) is 15.2. The van der Waals surface area contributed by atoms with Gasteiger partial charge in [-0.3, -0.25) is 4.79 Å². The molecule has 1 rings (SSSR count). The van der Waals surface area contributed by atoms with Crippen molar-refractivity contribution < 1.29 is 13.2 Å². The highest BCUT2D eigenvalue weighted by Gasteiger charge is 2.31. The molecule has 0 unspecified atom stereocenters. The Kier molecular flexibility index (Phi) is 6.68. The molecule has 0 bridgehead atoms. The van der Waals surface area contributed by atoms with Crippen LogP contribution in [0.3, 0.4) is 0 Å².